The van der Waals surface area contributed by atoms with Crippen molar-refractivity contribution in [2.45, 2.75) is 6.54 Å². The van der Waals surface area contributed by atoms with E-state index in [-0.39, 0.29) is 5.82 Å². The van der Waals surface area contributed by atoms with E-state index in [1.165, 1.54) is 6.07 Å². The quantitative estimate of drug-likeness (QED) is 0.865. The largest absolute Gasteiger partial charge is 0.331 e. The van der Waals surface area contributed by atoms with Gasteiger partial charge in [-0.25, -0.2) is 9.37 Å². The van der Waals surface area contributed by atoms with E-state index < -0.39 is 0 Å². The van der Waals surface area contributed by atoms with Gasteiger partial charge in [0.2, 0.25) is 0 Å². The lowest BCUT2D eigenvalue weighted by Crippen LogP contribution is -2.06. The Kier molecular flexibility index (Phi) is 3.22. The molecule has 0 atom stereocenters. The van der Waals surface area contributed by atoms with Gasteiger partial charge in [-0.3, -0.25) is 0 Å². The average Bonchev–Trinajstić information content (AvgIpc) is 2.61. The summed E-state index contributed by atoms with van der Waals surface area (Å²) < 4.78 is 13.5. The molecule has 3 nitrogen and oxygen atoms in total. The van der Waals surface area contributed by atoms with Gasteiger partial charge in [0, 0.05) is 5.56 Å². The van der Waals surface area contributed by atoms with Crippen LogP contribution in [0.25, 0.3) is 11.3 Å². The van der Waals surface area contributed by atoms with Crippen molar-refractivity contribution in [3.8, 4) is 11.3 Å². The molecule has 0 aliphatic heterocycles. The Morgan fingerprint density at radius 1 is 1.44 bits per heavy atom. The van der Waals surface area contributed by atoms with Gasteiger partial charge in [-0.2, -0.15) is 0 Å². The Bertz CT molecular complexity index is 496. The smallest absolute Gasteiger partial charge is 0.134 e. The van der Waals surface area contributed by atoms with Gasteiger partial charge >= 0.3 is 0 Å². The standard InChI is InChI=1S/C11H11ClFN3/c1-14-6-9-15-10(11(12)16-9)7-4-2-3-5-8(7)13/h2-5,14H,6H2,1H3,(H,15,16). The minimum Gasteiger partial charge on any atom is -0.331 e. The van der Waals surface area contributed by atoms with Crippen molar-refractivity contribution in [1.29, 1.82) is 0 Å². The average molecular weight is 240 g/mol. The van der Waals surface area contributed by atoms with Crippen LogP contribution in [0, 0.1) is 5.82 Å². The van der Waals surface area contributed by atoms with Gasteiger partial charge in [0.1, 0.15) is 22.5 Å². The Hall–Kier alpha value is -1.39. The summed E-state index contributed by atoms with van der Waals surface area (Å²) in [6.45, 7) is 0.564. The van der Waals surface area contributed by atoms with Crippen LogP contribution in [0.2, 0.25) is 5.15 Å². The van der Waals surface area contributed by atoms with Crippen molar-refractivity contribution < 1.29 is 4.39 Å². The third-order valence-corrected chi connectivity index (χ3v) is 2.46. The molecule has 0 bridgehead atoms. The van der Waals surface area contributed by atoms with Gasteiger partial charge in [-0.15, -0.1) is 0 Å². The van der Waals surface area contributed by atoms with Gasteiger partial charge in [0.15, 0.2) is 0 Å². The van der Waals surface area contributed by atoms with Crippen molar-refractivity contribution in [2.75, 3.05) is 7.05 Å². The number of imidazole rings is 1. The van der Waals surface area contributed by atoms with E-state index in [9.17, 15) is 4.39 Å². The molecule has 1 heterocycles. The van der Waals surface area contributed by atoms with Gasteiger partial charge < -0.3 is 10.3 Å². The van der Waals surface area contributed by atoms with Crippen molar-refractivity contribution in [1.82, 2.24) is 15.3 Å². The number of nitrogens with one attached hydrogen (secondary N) is 2. The number of aromatic nitrogens is 2. The number of aromatic amines is 1. The first-order chi connectivity index (χ1) is 7.72. The molecule has 5 heteroatoms. The maximum Gasteiger partial charge on any atom is 0.134 e. The molecule has 2 N–H and O–H groups in total. The third kappa shape index (κ3) is 2.08. The minimum atomic E-state index is -0.327. The number of H-pyrrole nitrogens is 1. The lowest BCUT2D eigenvalue weighted by molar-refractivity contribution is 0.631. The Balaban J connectivity index is 2.44. The molecule has 84 valence electrons. The number of benzene rings is 1. The fourth-order valence-electron chi connectivity index (χ4n) is 1.48. The van der Waals surface area contributed by atoms with Crippen molar-refractivity contribution >= 4 is 11.6 Å². The maximum atomic E-state index is 13.5. The molecule has 0 aliphatic rings. The molecule has 0 spiro atoms. The third-order valence-electron chi connectivity index (χ3n) is 2.18. The number of nitrogens with zero attached hydrogens (tertiary/aromatic N) is 1. The zero-order valence-corrected chi connectivity index (χ0v) is 9.48. The molecule has 0 aliphatic carbocycles. The minimum absolute atomic E-state index is 0.327. The Labute approximate surface area is 97.7 Å². The zero-order valence-electron chi connectivity index (χ0n) is 8.72. The summed E-state index contributed by atoms with van der Waals surface area (Å²) in [6, 6.07) is 6.42. The molecule has 1 aromatic carbocycles. The Morgan fingerprint density at radius 3 is 2.88 bits per heavy atom. The molecule has 2 aromatic rings. The van der Waals surface area contributed by atoms with Crippen LogP contribution in [0.3, 0.4) is 0 Å². The van der Waals surface area contributed by atoms with Crippen molar-refractivity contribution in [3.05, 3.63) is 41.1 Å². The van der Waals surface area contributed by atoms with Gasteiger partial charge in [-0.05, 0) is 19.2 Å². The van der Waals surface area contributed by atoms with E-state index >= 15 is 0 Å². The van der Waals surface area contributed by atoms with Crippen LogP contribution in [0.1, 0.15) is 5.82 Å². The molecule has 0 saturated heterocycles. The van der Waals surface area contributed by atoms with Gasteiger partial charge in [0.05, 0.1) is 6.54 Å². The first-order valence-electron chi connectivity index (χ1n) is 4.86. The summed E-state index contributed by atoms with van der Waals surface area (Å²) in [7, 11) is 1.80. The molecular formula is C11H11ClFN3. The summed E-state index contributed by atoms with van der Waals surface area (Å²) in [5, 5.41) is 3.30. The van der Waals surface area contributed by atoms with Gasteiger partial charge in [-0.1, -0.05) is 23.7 Å². The van der Waals surface area contributed by atoms with E-state index in [0.717, 1.165) is 0 Å². The Morgan fingerprint density at radius 2 is 2.19 bits per heavy atom. The first-order valence-corrected chi connectivity index (χ1v) is 5.24. The van der Waals surface area contributed by atoms with Gasteiger partial charge in [0.25, 0.3) is 0 Å². The van der Waals surface area contributed by atoms with Crippen LogP contribution in [-0.4, -0.2) is 17.0 Å². The number of halogens is 2. The predicted molar refractivity (Wildman–Crippen MR) is 61.8 cm³/mol. The maximum absolute atomic E-state index is 13.5. The zero-order chi connectivity index (χ0) is 11.5. The molecule has 0 unspecified atom stereocenters. The van der Waals surface area contributed by atoms with E-state index in [0.29, 0.717) is 28.8 Å². The van der Waals surface area contributed by atoms with Crippen LogP contribution in [0.4, 0.5) is 4.39 Å². The lowest BCUT2D eigenvalue weighted by atomic mass is 10.1. The predicted octanol–water partition coefficient (Wildman–Crippen LogP) is 2.59. The molecule has 0 saturated carbocycles. The van der Waals surface area contributed by atoms with E-state index in [1.807, 2.05) is 0 Å². The fraction of sp³-hybridized carbons (Fsp3) is 0.182. The topological polar surface area (TPSA) is 40.7 Å². The molecular weight excluding hydrogens is 229 g/mol. The summed E-state index contributed by atoms with van der Waals surface area (Å²) >= 11 is 5.97. The second-order valence-electron chi connectivity index (χ2n) is 3.36. The molecule has 0 radical (unpaired) electrons. The number of rotatable bonds is 3. The lowest BCUT2D eigenvalue weighted by Gasteiger charge is -1.98. The van der Waals surface area contributed by atoms with Crippen molar-refractivity contribution in [3.63, 3.8) is 0 Å². The number of hydrogen-bond acceptors (Lipinski definition) is 2. The highest BCUT2D eigenvalue weighted by atomic mass is 35.5. The summed E-state index contributed by atoms with van der Waals surface area (Å²) in [5.74, 6) is 0.359. The molecule has 16 heavy (non-hydrogen) atoms. The highest BCUT2D eigenvalue weighted by Gasteiger charge is 2.13. The molecule has 2 rings (SSSR count). The molecule has 1 aromatic heterocycles. The second-order valence-corrected chi connectivity index (χ2v) is 3.73. The van der Waals surface area contributed by atoms with E-state index in [4.69, 9.17) is 11.6 Å². The van der Waals surface area contributed by atoms with E-state index in [1.54, 1.807) is 25.2 Å². The van der Waals surface area contributed by atoms with Crippen LogP contribution in [0.5, 0.6) is 0 Å². The van der Waals surface area contributed by atoms with E-state index in [2.05, 4.69) is 15.3 Å². The second kappa shape index (κ2) is 4.63. The highest BCUT2D eigenvalue weighted by Crippen LogP contribution is 2.27. The number of hydrogen-bond donors (Lipinski definition) is 2. The summed E-state index contributed by atoms with van der Waals surface area (Å²) in [4.78, 5) is 7.14. The normalized spacial score (nSPS) is 10.7. The summed E-state index contributed by atoms with van der Waals surface area (Å²) in [6.07, 6.45) is 0. The van der Waals surface area contributed by atoms with Crippen molar-refractivity contribution in [2.24, 2.45) is 0 Å². The fourth-order valence-corrected chi connectivity index (χ4v) is 1.73. The monoisotopic (exact) mass is 239 g/mol. The summed E-state index contributed by atoms with van der Waals surface area (Å²) in [5.41, 5.74) is 0.858. The first kappa shape index (κ1) is 11.1. The van der Waals surface area contributed by atoms with Crippen LogP contribution in [0.15, 0.2) is 24.3 Å². The SMILES string of the molecule is CNCc1nc(-c2ccccc2F)c(Cl)[nH]1. The van der Waals surface area contributed by atoms with Crippen LogP contribution >= 0.6 is 11.6 Å². The molecule has 0 amide bonds. The van der Waals surface area contributed by atoms with Crippen LogP contribution < -0.4 is 5.32 Å². The molecule has 0 fully saturated rings. The highest BCUT2D eigenvalue weighted by molar-refractivity contribution is 6.31. The van der Waals surface area contributed by atoms with Crippen LogP contribution in [-0.2, 0) is 6.54 Å².